The third-order valence-corrected chi connectivity index (χ3v) is 4.68. The standard InChI is InChI=1S/C15H19BrN4O/c1-10-8-20(7-6-13(10)17)9-14-18-19-15(21-14)11-4-2-3-5-12(11)16/h2-5,10,13H,6-9,17H2,1H3. The van der Waals surface area contributed by atoms with Crippen molar-refractivity contribution in [3.8, 4) is 11.5 Å². The molecule has 1 aliphatic rings. The lowest BCUT2D eigenvalue weighted by molar-refractivity contribution is 0.146. The molecule has 1 aliphatic heterocycles. The second-order valence-corrected chi connectivity index (χ2v) is 6.50. The Morgan fingerprint density at radius 2 is 2.19 bits per heavy atom. The summed E-state index contributed by atoms with van der Waals surface area (Å²) in [4.78, 5) is 2.32. The third kappa shape index (κ3) is 3.33. The zero-order valence-electron chi connectivity index (χ0n) is 12.0. The largest absolute Gasteiger partial charge is 0.419 e. The number of piperidine rings is 1. The number of aromatic nitrogens is 2. The van der Waals surface area contributed by atoms with Crippen LogP contribution in [-0.4, -0.2) is 34.2 Å². The van der Waals surface area contributed by atoms with Gasteiger partial charge in [-0.2, -0.15) is 0 Å². The first-order chi connectivity index (χ1) is 10.1. The molecule has 2 unspecified atom stereocenters. The molecular weight excluding hydrogens is 332 g/mol. The summed E-state index contributed by atoms with van der Waals surface area (Å²) in [6.45, 7) is 4.85. The van der Waals surface area contributed by atoms with Gasteiger partial charge in [0.1, 0.15) is 0 Å². The fourth-order valence-corrected chi connectivity index (χ4v) is 3.10. The van der Waals surface area contributed by atoms with Crippen LogP contribution in [0.15, 0.2) is 33.2 Å². The van der Waals surface area contributed by atoms with Crippen molar-refractivity contribution < 1.29 is 4.42 Å². The molecule has 1 saturated heterocycles. The first-order valence-corrected chi connectivity index (χ1v) is 7.98. The lowest BCUT2D eigenvalue weighted by atomic mass is 9.95. The van der Waals surface area contributed by atoms with Crippen molar-refractivity contribution >= 4 is 15.9 Å². The van der Waals surface area contributed by atoms with Crippen molar-refractivity contribution in [1.29, 1.82) is 0 Å². The second-order valence-electron chi connectivity index (χ2n) is 5.65. The van der Waals surface area contributed by atoms with Crippen molar-refractivity contribution in [3.05, 3.63) is 34.6 Å². The maximum absolute atomic E-state index is 6.05. The highest BCUT2D eigenvalue weighted by Crippen LogP contribution is 2.27. The van der Waals surface area contributed by atoms with Crippen LogP contribution in [0.4, 0.5) is 0 Å². The minimum atomic E-state index is 0.305. The summed E-state index contributed by atoms with van der Waals surface area (Å²) in [6.07, 6.45) is 1.02. The molecule has 21 heavy (non-hydrogen) atoms. The van der Waals surface area contributed by atoms with E-state index < -0.39 is 0 Å². The Labute approximate surface area is 132 Å². The van der Waals surface area contributed by atoms with Crippen molar-refractivity contribution in [2.45, 2.75) is 25.9 Å². The van der Waals surface area contributed by atoms with E-state index in [-0.39, 0.29) is 0 Å². The van der Waals surface area contributed by atoms with Gasteiger partial charge >= 0.3 is 0 Å². The number of hydrogen-bond donors (Lipinski definition) is 1. The highest BCUT2D eigenvalue weighted by Gasteiger charge is 2.24. The molecule has 2 aromatic rings. The molecule has 2 N–H and O–H groups in total. The molecule has 0 radical (unpaired) electrons. The Kier molecular flexibility index (Phi) is 4.37. The molecule has 1 aromatic carbocycles. The fraction of sp³-hybridized carbons (Fsp3) is 0.467. The van der Waals surface area contributed by atoms with Crippen LogP contribution >= 0.6 is 15.9 Å². The third-order valence-electron chi connectivity index (χ3n) is 3.99. The zero-order valence-corrected chi connectivity index (χ0v) is 13.6. The van der Waals surface area contributed by atoms with Crippen LogP contribution in [0.2, 0.25) is 0 Å². The zero-order chi connectivity index (χ0) is 14.8. The normalized spacial score (nSPS) is 23.4. The fourth-order valence-electron chi connectivity index (χ4n) is 2.65. The number of rotatable bonds is 3. The number of likely N-dealkylation sites (tertiary alicyclic amines) is 1. The topological polar surface area (TPSA) is 68.2 Å². The van der Waals surface area contributed by atoms with Gasteiger partial charge in [0.15, 0.2) is 0 Å². The van der Waals surface area contributed by atoms with Gasteiger partial charge in [-0.1, -0.05) is 19.1 Å². The summed E-state index contributed by atoms with van der Waals surface area (Å²) in [5.74, 6) is 1.71. The van der Waals surface area contributed by atoms with E-state index in [1.807, 2.05) is 24.3 Å². The number of hydrogen-bond acceptors (Lipinski definition) is 5. The summed E-state index contributed by atoms with van der Waals surface area (Å²) >= 11 is 3.50. The first kappa shape index (κ1) is 14.7. The quantitative estimate of drug-likeness (QED) is 0.921. The van der Waals surface area contributed by atoms with Gasteiger partial charge in [-0.15, -0.1) is 10.2 Å². The SMILES string of the molecule is CC1CN(Cc2nnc(-c3ccccc3Br)o2)CCC1N. The lowest BCUT2D eigenvalue weighted by Crippen LogP contribution is -2.45. The van der Waals surface area contributed by atoms with E-state index in [4.69, 9.17) is 10.2 Å². The Bertz CT molecular complexity index is 615. The van der Waals surface area contributed by atoms with E-state index in [1.54, 1.807) is 0 Å². The van der Waals surface area contributed by atoms with E-state index >= 15 is 0 Å². The van der Waals surface area contributed by atoms with Crippen molar-refractivity contribution in [2.24, 2.45) is 11.7 Å². The lowest BCUT2D eigenvalue weighted by Gasteiger charge is -2.34. The second kappa shape index (κ2) is 6.25. The van der Waals surface area contributed by atoms with Crippen molar-refractivity contribution in [3.63, 3.8) is 0 Å². The summed E-state index contributed by atoms with van der Waals surface area (Å²) in [7, 11) is 0. The first-order valence-electron chi connectivity index (χ1n) is 7.18. The Morgan fingerprint density at radius 1 is 1.38 bits per heavy atom. The van der Waals surface area contributed by atoms with Crippen LogP contribution in [-0.2, 0) is 6.54 Å². The molecule has 1 aromatic heterocycles. The van der Waals surface area contributed by atoms with E-state index in [0.717, 1.165) is 29.5 Å². The Morgan fingerprint density at radius 3 is 2.95 bits per heavy atom. The van der Waals surface area contributed by atoms with Gasteiger partial charge < -0.3 is 10.2 Å². The molecule has 0 aliphatic carbocycles. The highest BCUT2D eigenvalue weighted by molar-refractivity contribution is 9.10. The Balaban J connectivity index is 1.70. The molecule has 2 atom stereocenters. The molecule has 1 fully saturated rings. The maximum Gasteiger partial charge on any atom is 0.248 e. The van der Waals surface area contributed by atoms with Crippen LogP contribution in [0.5, 0.6) is 0 Å². The minimum Gasteiger partial charge on any atom is -0.419 e. The monoisotopic (exact) mass is 350 g/mol. The average molecular weight is 351 g/mol. The van der Waals surface area contributed by atoms with Crippen LogP contribution in [0.1, 0.15) is 19.2 Å². The molecule has 3 rings (SSSR count). The molecular formula is C15H19BrN4O. The number of nitrogens with zero attached hydrogens (tertiary/aromatic N) is 3. The van der Waals surface area contributed by atoms with Gasteiger partial charge in [-0.3, -0.25) is 4.90 Å². The summed E-state index contributed by atoms with van der Waals surface area (Å²) in [5.41, 5.74) is 6.97. The predicted octanol–water partition coefficient (Wildman–Crippen LogP) is 2.67. The molecule has 112 valence electrons. The van der Waals surface area contributed by atoms with E-state index in [2.05, 4.69) is 38.0 Å². The smallest absolute Gasteiger partial charge is 0.248 e. The van der Waals surface area contributed by atoms with E-state index in [1.165, 1.54) is 0 Å². The molecule has 2 heterocycles. The predicted molar refractivity (Wildman–Crippen MR) is 84.5 cm³/mol. The molecule has 0 amide bonds. The molecule has 6 heteroatoms. The average Bonchev–Trinajstić information content (AvgIpc) is 2.92. The molecule has 0 spiro atoms. The van der Waals surface area contributed by atoms with Crippen LogP contribution in [0.25, 0.3) is 11.5 Å². The van der Waals surface area contributed by atoms with E-state index in [0.29, 0.717) is 30.3 Å². The van der Waals surface area contributed by atoms with Crippen LogP contribution in [0, 0.1) is 5.92 Å². The van der Waals surface area contributed by atoms with Gasteiger partial charge in [0.25, 0.3) is 0 Å². The van der Waals surface area contributed by atoms with Gasteiger partial charge in [-0.05, 0) is 40.4 Å². The number of halogens is 1. The van der Waals surface area contributed by atoms with Crippen LogP contribution < -0.4 is 5.73 Å². The number of benzene rings is 1. The highest BCUT2D eigenvalue weighted by atomic mass is 79.9. The molecule has 5 nitrogen and oxygen atoms in total. The summed E-state index contributed by atoms with van der Waals surface area (Å²) in [5, 5.41) is 8.31. The van der Waals surface area contributed by atoms with Gasteiger partial charge in [0, 0.05) is 23.6 Å². The molecule has 0 bridgehead atoms. The summed E-state index contributed by atoms with van der Waals surface area (Å²) in [6, 6.07) is 8.15. The van der Waals surface area contributed by atoms with Gasteiger partial charge in [0.05, 0.1) is 12.1 Å². The van der Waals surface area contributed by atoms with Gasteiger partial charge in [-0.25, -0.2) is 0 Å². The van der Waals surface area contributed by atoms with Gasteiger partial charge in [0.2, 0.25) is 11.8 Å². The van der Waals surface area contributed by atoms with Crippen molar-refractivity contribution in [1.82, 2.24) is 15.1 Å². The van der Waals surface area contributed by atoms with Crippen LogP contribution in [0.3, 0.4) is 0 Å². The number of nitrogens with two attached hydrogens (primary N) is 1. The van der Waals surface area contributed by atoms with Crippen molar-refractivity contribution in [2.75, 3.05) is 13.1 Å². The Hall–Kier alpha value is -1.24. The summed E-state index contributed by atoms with van der Waals surface area (Å²) < 4.78 is 6.75. The molecule has 0 saturated carbocycles. The maximum atomic E-state index is 6.05. The minimum absolute atomic E-state index is 0.305. The van der Waals surface area contributed by atoms with E-state index in [9.17, 15) is 0 Å².